The summed E-state index contributed by atoms with van der Waals surface area (Å²) < 4.78 is 19.4. The molecule has 1 aromatic heterocycles. The zero-order valence-corrected chi connectivity index (χ0v) is 12.9. The maximum absolute atomic E-state index is 14.4. The minimum Gasteiger partial charge on any atom is -0.494 e. The number of halogens is 1. The highest BCUT2D eigenvalue weighted by Gasteiger charge is 2.18. The lowest BCUT2D eigenvalue weighted by Crippen LogP contribution is -2.39. The van der Waals surface area contributed by atoms with Gasteiger partial charge in [0.15, 0.2) is 11.6 Å². The molecule has 0 aliphatic heterocycles. The number of ether oxygens (including phenoxy) is 1. The van der Waals surface area contributed by atoms with Gasteiger partial charge in [-0.2, -0.15) is 0 Å². The first-order valence-electron chi connectivity index (χ1n) is 6.88. The molecule has 0 amide bonds. The smallest absolute Gasteiger partial charge is 0.174 e. The van der Waals surface area contributed by atoms with Gasteiger partial charge in [-0.3, -0.25) is 0 Å². The van der Waals surface area contributed by atoms with Gasteiger partial charge in [-0.15, -0.1) is 0 Å². The summed E-state index contributed by atoms with van der Waals surface area (Å²) in [5, 5.41) is 0.645. The van der Waals surface area contributed by atoms with Crippen LogP contribution >= 0.6 is 0 Å². The van der Waals surface area contributed by atoms with Crippen LogP contribution in [-0.2, 0) is 6.42 Å². The monoisotopic (exact) mass is 278 g/mol. The Balaban J connectivity index is 2.27. The van der Waals surface area contributed by atoms with Crippen LogP contribution in [0.15, 0.2) is 18.3 Å². The molecule has 3 nitrogen and oxygen atoms in total. The van der Waals surface area contributed by atoms with Crippen molar-refractivity contribution >= 4 is 10.9 Å². The van der Waals surface area contributed by atoms with Crippen LogP contribution in [0.3, 0.4) is 0 Å². The zero-order chi connectivity index (χ0) is 14.9. The highest BCUT2D eigenvalue weighted by molar-refractivity contribution is 5.85. The molecule has 0 atom stereocenters. The molecule has 1 aromatic carbocycles. The second kappa shape index (κ2) is 5.44. The summed E-state index contributed by atoms with van der Waals surface area (Å²) in [6.45, 7) is 7.40. The molecule has 0 aliphatic carbocycles. The van der Waals surface area contributed by atoms with Gasteiger partial charge < -0.3 is 14.6 Å². The third kappa shape index (κ3) is 2.80. The van der Waals surface area contributed by atoms with Crippen molar-refractivity contribution < 1.29 is 9.13 Å². The number of fused-ring (bicyclic) bond motifs is 1. The molecule has 20 heavy (non-hydrogen) atoms. The van der Waals surface area contributed by atoms with Gasteiger partial charge in [-0.1, -0.05) is 0 Å². The molecule has 0 aliphatic rings. The highest BCUT2D eigenvalue weighted by Crippen LogP contribution is 2.29. The van der Waals surface area contributed by atoms with Crippen molar-refractivity contribution in [2.75, 3.05) is 20.7 Å². The van der Waals surface area contributed by atoms with E-state index in [1.807, 2.05) is 12.3 Å². The lowest BCUT2D eigenvalue weighted by molar-refractivity contribution is 0.178. The number of benzene rings is 1. The van der Waals surface area contributed by atoms with Gasteiger partial charge >= 0.3 is 0 Å². The Morgan fingerprint density at radius 3 is 2.60 bits per heavy atom. The Morgan fingerprint density at radius 2 is 2.00 bits per heavy atom. The minimum atomic E-state index is -0.278. The average molecular weight is 278 g/mol. The fraction of sp³-hybridized carbons (Fsp3) is 0.500. The number of hydrogen-bond acceptors (Lipinski definition) is 2. The first kappa shape index (κ1) is 14.9. The lowest BCUT2D eigenvalue weighted by Gasteiger charge is -2.31. The Morgan fingerprint density at radius 1 is 1.30 bits per heavy atom. The van der Waals surface area contributed by atoms with Gasteiger partial charge in [0.25, 0.3) is 0 Å². The number of likely N-dealkylation sites (N-methyl/N-ethyl adjacent to an activating group) is 1. The molecule has 0 radical (unpaired) electrons. The fourth-order valence-corrected chi connectivity index (χ4v) is 2.21. The Bertz CT molecular complexity index is 598. The van der Waals surface area contributed by atoms with Crippen molar-refractivity contribution in [3.05, 3.63) is 29.7 Å². The molecule has 0 fully saturated rings. The van der Waals surface area contributed by atoms with Gasteiger partial charge in [-0.05, 0) is 51.9 Å². The predicted octanol–water partition coefficient (Wildman–Crippen LogP) is 3.59. The van der Waals surface area contributed by atoms with Crippen LogP contribution in [0.25, 0.3) is 10.9 Å². The van der Waals surface area contributed by atoms with E-state index >= 15 is 0 Å². The van der Waals surface area contributed by atoms with Crippen LogP contribution in [0.2, 0.25) is 0 Å². The fourth-order valence-electron chi connectivity index (χ4n) is 2.21. The second-order valence-electron chi connectivity index (χ2n) is 6.16. The number of aromatic nitrogens is 1. The Kier molecular flexibility index (Phi) is 4.04. The third-order valence-electron chi connectivity index (χ3n) is 3.91. The van der Waals surface area contributed by atoms with E-state index in [1.165, 1.54) is 7.11 Å². The van der Waals surface area contributed by atoms with Crippen molar-refractivity contribution in [2.24, 2.45) is 0 Å². The van der Waals surface area contributed by atoms with E-state index < -0.39 is 0 Å². The molecule has 0 saturated heterocycles. The van der Waals surface area contributed by atoms with E-state index in [9.17, 15) is 4.39 Å². The summed E-state index contributed by atoms with van der Waals surface area (Å²) in [4.78, 5) is 5.40. The number of rotatable bonds is 4. The topological polar surface area (TPSA) is 28.3 Å². The largest absolute Gasteiger partial charge is 0.494 e. The maximum atomic E-state index is 14.4. The molecule has 2 rings (SSSR count). The molecule has 0 spiro atoms. The van der Waals surface area contributed by atoms with Gasteiger partial charge in [0.05, 0.1) is 7.11 Å². The molecule has 0 bridgehead atoms. The number of nitrogens with one attached hydrogen (secondary N) is 1. The van der Waals surface area contributed by atoms with E-state index in [1.54, 1.807) is 6.07 Å². The van der Waals surface area contributed by atoms with Crippen LogP contribution < -0.4 is 4.74 Å². The van der Waals surface area contributed by atoms with Gasteiger partial charge in [0.1, 0.15) is 0 Å². The summed E-state index contributed by atoms with van der Waals surface area (Å²) in [5.41, 5.74) is 1.92. The van der Waals surface area contributed by atoms with E-state index in [2.05, 4.69) is 37.7 Å². The molecule has 0 unspecified atom stereocenters. The van der Waals surface area contributed by atoms with Gasteiger partial charge in [-0.25, -0.2) is 4.39 Å². The number of H-pyrrole nitrogens is 1. The third-order valence-corrected chi connectivity index (χ3v) is 3.91. The summed E-state index contributed by atoms with van der Waals surface area (Å²) in [6, 6.07) is 3.51. The summed E-state index contributed by atoms with van der Waals surface area (Å²) in [5.74, 6) is 0.0159. The highest BCUT2D eigenvalue weighted by atomic mass is 19.1. The summed E-state index contributed by atoms with van der Waals surface area (Å²) >= 11 is 0. The van der Waals surface area contributed by atoms with Crippen LogP contribution in [0.1, 0.15) is 26.3 Å². The SMILES string of the molecule is COc1ccc2[nH]cc(CCN(C)C(C)(C)C)c2c1F. The van der Waals surface area contributed by atoms with Crippen LogP contribution in [0, 0.1) is 5.82 Å². The van der Waals surface area contributed by atoms with E-state index in [4.69, 9.17) is 4.74 Å². The Hall–Kier alpha value is -1.55. The van der Waals surface area contributed by atoms with Crippen molar-refractivity contribution in [2.45, 2.75) is 32.7 Å². The molecular formula is C16H23FN2O. The minimum absolute atomic E-state index is 0.113. The normalized spacial score (nSPS) is 12.3. The number of hydrogen-bond donors (Lipinski definition) is 1. The predicted molar refractivity (Wildman–Crippen MR) is 80.9 cm³/mol. The van der Waals surface area contributed by atoms with Crippen LogP contribution in [-0.4, -0.2) is 36.1 Å². The Labute approximate surface area is 119 Å². The van der Waals surface area contributed by atoms with Crippen LogP contribution in [0.5, 0.6) is 5.75 Å². The van der Waals surface area contributed by atoms with E-state index in [-0.39, 0.29) is 11.4 Å². The molecule has 4 heteroatoms. The number of methoxy groups -OCH3 is 1. The standard InChI is InChI=1S/C16H23FN2O/c1-16(2,3)19(4)9-8-11-10-18-12-6-7-13(20-5)15(17)14(11)12/h6-7,10,18H,8-9H2,1-5H3. The van der Waals surface area contributed by atoms with Crippen molar-refractivity contribution in [3.63, 3.8) is 0 Å². The molecule has 1 N–H and O–H groups in total. The molecule has 1 heterocycles. The van der Waals surface area contributed by atoms with Crippen molar-refractivity contribution in [1.82, 2.24) is 9.88 Å². The molecular weight excluding hydrogens is 255 g/mol. The molecule has 2 aromatic rings. The van der Waals surface area contributed by atoms with E-state index in [0.29, 0.717) is 11.1 Å². The van der Waals surface area contributed by atoms with E-state index in [0.717, 1.165) is 24.0 Å². The van der Waals surface area contributed by atoms with Crippen molar-refractivity contribution in [3.8, 4) is 5.75 Å². The zero-order valence-electron chi connectivity index (χ0n) is 12.9. The first-order chi connectivity index (χ1) is 9.34. The quantitative estimate of drug-likeness (QED) is 0.925. The van der Waals surface area contributed by atoms with Crippen molar-refractivity contribution in [1.29, 1.82) is 0 Å². The van der Waals surface area contributed by atoms with Crippen LogP contribution in [0.4, 0.5) is 4.39 Å². The lowest BCUT2D eigenvalue weighted by atomic mass is 10.0. The second-order valence-corrected chi connectivity index (χ2v) is 6.16. The molecule has 0 saturated carbocycles. The number of nitrogens with zero attached hydrogens (tertiary/aromatic N) is 1. The van der Waals surface area contributed by atoms with Gasteiger partial charge in [0.2, 0.25) is 0 Å². The summed E-state index contributed by atoms with van der Waals surface area (Å²) in [6.07, 6.45) is 2.70. The van der Waals surface area contributed by atoms with Gasteiger partial charge in [0, 0.05) is 29.2 Å². The number of aromatic amines is 1. The summed E-state index contributed by atoms with van der Waals surface area (Å²) in [7, 11) is 3.58. The molecule has 110 valence electrons. The maximum Gasteiger partial charge on any atom is 0.174 e. The first-order valence-corrected chi connectivity index (χ1v) is 6.88. The average Bonchev–Trinajstić information content (AvgIpc) is 2.79.